The number of hydrogen-bond acceptors (Lipinski definition) is 11. The molecule has 2 aliphatic rings. The number of methoxy groups -OCH3 is 2. The maximum atomic E-state index is 15.2. The van der Waals surface area contributed by atoms with Gasteiger partial charge in [0, 0.05) is 36.4 Å². The predicted octanol–water partition coefficient (Wildman–Crippen LogP) is 8.12. The minimum absolute atomic E-state index is 0.0333. The van der Waals surface area contributed by atoms with Crippen LogP contribution in [0.3, 0.4) is 0 Å². The first-order valence-corrected chi connectivity index (χ1v) is 19.5. The van der Waals surface area contributed by atoms with Gasteiger partial charge in [-0.3, -0.25) is 4.79 Å². The van der Waals surface area contributed by atoms with Crippen molar-refractivity contribution in [2.45, 2.75) is 81.3 Å². The molecule has 1 atom stereocenters. The number of halogens is 1. The molecule has 3 heterocycles. The van der Waals surface area contributed by atoms with Crippen LogP contribution in [-0.2, 0) is 15.2 Å². The van der Waals surface area contributed by atoms with Crippen LogP contribution in [0.4, 0.5) is 9.18 Å². The summed E-state index contributed by atoms with van der Waals surface area (Å²) in [7, 11) is 3.12. The average molecular weight is 782 g/mol. The quantitative estimate of drug-likeness (QED) is 0.0378. The first kappa shape index (κ1) is 38.9. The molecule has 0 bridgehead atoms. The molecule has 2 fully saturated rings. The summed E-state index contributed by atoms with van der Waals surface area (Å²) in [4.78, 5) is 44.2. The molecule has 5 aromatic rings. The number of ether oxygens (including phenoxy) is 5. The largest absolute Gasteiger partial charge is 0.497 e. The molecule has 14 heteroatoms. The summed E-state index contributed by atoms with van der Waals surface area (Å²) in [6.07, 6.45) is 9.58. The first-order valence-electron chi connectivity index (χ1n) is 18.6. The Bertz CT molecular complexity index is 2310. The van der Waals surface area contributed by atoms with Gasteiger partial charge in [-0.15, -0.1) is 6.42 Å². The number of amides is 1. The number of ketones is 1. The molecule has 12 nitrogen and oxygen atoms in total. The van der Waals surface area contributed by atoms with Gasteiger partial charge in [0.05, 0.1) is 18.7 Å². The fraction of sp³-hybridized carbons (Fsp3) is 0.405. The van der Waals surface area contributed by atoms with Crippen LogP contribution in [0.25, 0.3) is 21.9 Å². The van der Waals surface area contributed by atoms with E-state index < -0.39 is 23.3 Å². The highest BCUT2D eigenvalue weighted by Gasteiger charge is 2.35. The van der Waals surface area contributed by atoms with Crippen LogP contribution in [-0.4, -0.2) is 82.1 Å². The van der Waals surface area contributed by atoms with Crippen LogP contribution in [0.1, 0.15) is 86.2 Å². The lowest BCUT2D eigenvalue weighted by molar-refractivity contribution is 0.0183. The van der Waals surface area contributed by atoms with Crippen molar-refractivity contribution < 1.29 is 37.7 Å². The maximum absolute atomic E-state index is 15.2. The number of terminal acetylenes is 1. The summed E-state index contributed by atoms with van der Waals surface area (Å²) < 4.78 is 45.3. The molecule has 292 valence electrons. The van der Waals surface area contributed by atoms with Crippen molar-refractivity contribution in [2.24, 2.45) is 0 Å². The standard InChI is InChI=1S/C42H44FN5O7S/c1-7-31-33(43)18-15-26-20-30(54-24-51-5)21-32(34(26)31)36(49)38-44-37-35(48(38)27-10-8-11-27)39(56-23-25-13-16-29(52-6)17-14-25)46-40(45-37)53-22-28-12-9-19-47(28)41(50)55-42(2,3)4/h1,13-18,20-21,27-28H,8-12,19,22-24H2,2-6H3/t28-/m0/s1. The van der Waals surface area contributed by atoms with Gasteiger partial charge in [-0.1, -0.05) is 35.9 Å². The van der Waals surface area contributed by atoms with Crippen molar-refractivity contribution >= 4 is 45.6 Å². The van der Waals surface area contributed by atoms with Gasteiger partial charge >= 0.3 is 12.1 Å². The van der Waals surface area contributed by atoms with Crippen LogP contribution in [0, 0.1) is 18.2 Å². The number of hydrogen-bond donors (Lipinski definition) is 0. The number of fused-ring (bicyclic) bond motifs is 2. The van der Waals surface area contributed by atoms with Gasteiger partial charge in [-0.25, -0.2) is 14.2 Å². The van der Waals surface area contributed by atoms with Gasteiger partial charge in [-0.05, 0) is 94.2 Å². The van der Waals surface area contributed by atoms with Gasteiger partial charge in [0.2, 0.25) is 5.78 Å². The molecule has 1 aliphatic carbocycles. The van der Waals surface area contributed by atoms with Crippen molar-refractivity contribution in [3.05, 3.63) is 76.9 Å². The zero-order chi connectivity index (χ0) is 39.6. The number of carbonyl (C=O) groups is 2. The molecule has 1 aliphatic heterocycles. The number of likely N-dealkylation sites (tertiary alicyclic amines) is 1. The van der Waals surface area contributed by atoms with Crippen molar-refractivity contribution in [3.63, 3.8) is 0 Å². The van der Waals surface area contributed by atoms with Gasteiger partial charge in [0.25, 0.3) is 0 Å². The van der Waals surface area contributed by atoms with Crippen LogP contribution >= 0.6 is 11.8 Å². The number of nitrogens with zero attached hydrogens (tertiary/aromatic N) is 5. The third-order valence-corrected chi connectivity index (χ3v) is 10.9. The Morgan fingerprint density at radius 2 is 1.77 bits per heavy atom. The monoisotopic (exact) mass is 781 g/mol. The number of imidazole rings is 1. The maximum Gasteiger partial charge on any atom is 0.410 e. The first-order chi connectivity index (χ1) is 27.0. The number of carbonyl (C=O) groups excluding carboxylic acids is 2. The van der Waals surface area contributed by atoms with E-state index in [4.69, 9.17) is 45.1 Å². The number of rotatable bonds is 13. The lowest BCUT2D eigenvalue weighted by Gasteiger charge is -2.29. The Morgan fingerprint density at radius 3 is 2.45 bits per heavy atom. The zero-order valence-corrected chi connectivity index (χ0v) is 32.9. The molecular formula is C42H44FN5O7S. The smallest absolute Gasteiger partial charge is 0.410 e. The molecule has 0 spiro atoms. The lowest BCUT2D eigenvalue weighted by Crippen LogP contribution is -2.42. The van der Waals surface area contributed by atoms with Crippen molar-refractivity contribution in [3.8, 4) is 29.9 Å². The number of thioether (sulfide) groups is 1. The molecule has 0 N–H and O–H groups in total. The molecule has 1 saturated heterocycles. The van der Waals surface area contributed by atoms with Crippen LogP contribution in [0.2, 0.25) is 0 Å². The zero-order valence-electron chi connectivity index (χ0n) is 32.1. The second-order valence-electron chi connectivity index (χ2n) is 14.8. The molecule has 2 aromatic heterocycles. The summed E-state index contributed by atoms with van der Waals surface area (Å²) in [5.74, 6) is 3.10. The van der Waals surface area contributed by atoms with E-state index in [1.165, 1.54) is 24.9 Å². The summed E-state index contributed by atoms with van der Waals surface area (Å²) in [6, 6.07) is 13.6. The van der Waals surface area contributed by atoms with E-state index in [-0.39, 0.29) is 59.5 Å². The van der Waals surface area contributed by atoms with Gasteiger partial charge in [0.1, 0.15) is 40.1 Å². The summed E-state index contributed by atoms with van der Waals surface area (Å²) in [5.41, 5.74) is 1.37. The summed E-state index contributed by atoms with van der Waals surface area (Å²) >= 11 is 1.47. The lowest BCUT2D eigenvalue weighted by atomic mass is 9.91. The highest BCUT2D eigenvalue weighted by Crippen LogP contribution is 2.41. The molecule has 7 rings (SSSR count). The Hall–Kier alpha value is -5.39. The Kier molecular flexibility index (Phi) is 11.4. The van der Waals surface area contributed by atoms with Crippen molar-refractivity contribution in [1.82, 2.24) is 24.4 Å². The number of benzene rings is 3. The van der Waals surface area contributed by atoms with Crippen LogP contribution in [0.5, 0.6) is 17.5 Å². The van der Waals surface area contributed by atoms with E-state index in [1.54, 1.807) is 30.2 Å². The second kappa shape index (κ2) is 16.4. The van der Waals surface area contributed by atoms with Gasteiger partial charge in [-0.2, -0.15) is 9.97 Å². The van der Waals surface area contributed by atoms with Crippen LogP contribution < -0.4 is 14.2 Å². The van der Waals surface area contributed by atoms with E-state index >= 15 is 4.39 Å². The highest BCUT2D eigenvalue weighted by molar-refractivity contribution is 7.98. The third kappa shape index (κ3) is 8.10. The molecule has 56 heavy (non-hydrogen) atoms. The van der Waals surface area contributed by atoms with E-state index in [1.807, 2.05) is 49.6 Å². The van der Waals surface area contributed by atoms with Crippen molar-refractivity contribution in [2.75, 3.05) is 34.2 Å². The minimum Gasteiger partial charge on any atom is -0.497 e. The van der Waals surface area contributed by atoms with E-state index in [0.717, 1.165) is 43.4 Å². The Morgan fingerprint density at radius 1 is 0.982 bits per heavy atom. The normalized spacial score (nSPS) is 15.8. The Labute approximate surface area is 329 Å². The van der Waals surface area contributed by atoms with Gasteiger partial charge in [0.15, 0.2) is 18.3 Å². The Balaban J connectivity index is 1.32. The SMILES string of the molecule is C#Cc1c(F)ccc2cc(OCOC)cc(C(=O)c3nc4nc(OC[C@@H]5CCCN5C(=O)OC(C)(C)C)nc(SCc5ccc(OC)cc5)c4n3C3CCC3)c12. The topological polar surface area (TPSA) is 127 Å². The molecule has 0 unspecified atom stereocenters. The highest BCUT2D eigenvalue weighted by atomic mass is 32.2. The molecule has 1 amide bonds. The third-order valence-electron chi connectivity index (χ3n) is 9.85. The fourth-order valence-corrected chi connectivity index (χ4v) is 7.92. The summed E-state index contributed by atoms with van der Waals surface area (Å²) in [5, 5.41) is 1.39. The van der Waals surface area contributed by atoms with E-state index in [2.05, 4.69) is 5.92 Å². The summed E-state index contributed by atoms with van der Waals surface area (Å²) in [6.45, 7) is 6.14. The minimum atomic E-state index is -0.634. The van der Waals surface area contributed by atoms with E-state index in [0.29, 0.717) is 34.0 Å². The second-order valence-corrected chi connectivity index (χ2v) is 15.8. The fourth-order valence-electron chi connectivity index (χ4n) is 6.96. The average Bonchev–Trinajstić information content (AvgIpc) is 3.79. The molecule has 3 aromatic carbocycles. The molecule has 0 radical (unpaired) electrons. The predicted molar refractivity (Wildman–Crippen MR) is 210 cm³/mol. The van der Waals surface area contributed by atoms with Gasteiger partial charge < -0.3 is 33.2 Å². The molecule has 1 saturated carbocycles. The van der Waals surface area contributed by atoms with E-state index in [9.17, 15) is 9.59 Å². The number of aromatic nitrogens is 4. The van der Waals surface area contributed by atoms with Crippen LogP contribution in [0.15, 0.2) is 53.6 Å². The van der Waals surface area contributed by atoms with Crippen molar-refractivity contribution in [1.29, 1.82) is 0 Å². The molecular weight excluding hydrogens is 738 g/mol.